The number of hydrogen-bond donors (Lipinski definition) is 2. The number of nitrogens with zero attached hydrogens (tertiary/aromatic N) is 3. The SMILES string of the molecule is CCNC(=NCCC1CCN(C)CC1)NC1CCN(Cc2ccccc2)CC1.I. The van der Waals surface area contributed by atoms with Gasteiger partial charge in [-0.15, -0.1) is 24.0 Å². The molecule has 2 aliphatic heterocycles. The molecule has 0 atom stereocenters. The summed E-state index contributed by atoms with van der Waals surface area (Å²) in [7, 11) is 2.23. The van der Waals surface area contributed by atoms with E-state index in [-0.39, 0.29) is 24.0 Å². The highest BCUT2D eigenvalue weighted by Crippen LogP contribution is 2.19. The Morgan fingerprint density at radius 3 is 2.38 bits per heavy atom. The summed E-state index contributed by atoms with van der Waals surface area (Å²) in [5.74, 6) is 1.86. The van der Waals surface area contributed by atoms with E-state index in [1.807, 2.05) is 0 Å². The average Bonchev–Trinajstić information content (AvgIpc) is 2.72. The number of rotatable bonds is 7. The number of nitrogens with one attached hydrogen (secondary N) is 2. The van der Waals surface area contributed by atoms with Crippen LogP contribution >= 0.6 is 24.0 Å². The van der Waals surface area contributed by atoms with Gasteiger partial charge in [-0.25, -0.2) is 0 Å². The van der Waals surface area contributed by atoms with E-state index in [1.165, 1.54) is 50.8 Å². The van der Waals surface area contributed by atoms with Gasteiger partial charge in [0.15, 0.2) is 5.96 Å². The van der Waals surface area contributed by atoms with Gasteiger partial charge in [0.25, 0.3) is 0 Å². The zero-order valence-corrected chi connectivity index (χ0v) is 20.6. The second-order valence-electron chi connectivity index (χ2n) is 8.48. The molecule has 0 radical (unpaired) electrons. The molecule has 0 saturated carbocycles. The third kappa shape index (κ3) is 8.80. The molecule has 6 heteroatoms. The smallest absolute Gasteiger partial charge is 0.191 e. The van der Waals surface area contributed by atoms with Gasteiger partial charge in [-0.1, -0.05) is 30.3 Å². The molecule has 29 heavy (non-hydrogen) atoms. The number of piperidine rings is 2. The van der Waals surface area contributed by atoms with Crippen molar-refractivity contribution in [1.29, 1.82) is 0 Å². The topological polar surface area (TPSA) is 42.9 Å². The molecule has 164 valence electrons. The lowest BCUT2D eigenvalue weighted by atomic mass is 9.94. The van der Waals surface area contributed by atoms with Crippen molar-refractivity contribution in [3.63, 3.8) is 0 Å². The molecule has 0 aliphatic carbocycles. The standard InChI is InChI=1S/C23H39N5.HI/c1-3-24-23(25-14-9-20-10-15-27(2)16-11-20)26-22-12-17-28(18-13-22)19-21-7-5-4-6-8-21;/h4-8,20,22H,3,9-19H2,1-2H3,(H2,24,25,26);1H. The van der Waals surface area contributed by atoms with Crippen LogP contribution in [-0.2, 0) is 6.54 Å². The normalized spacial score (nSPS) is 20.3. The number of aliphatic imine (C=N–C) groups is 1. The second kappa shape index (κ2) is 13.4. The van der Waals surface area contributed by atoms with Gasteiger partial charge >= 0.3 is 0 Å². The molecule has 1 aromatic rings. The van der Waals surface area contributed by atoms with Crippen LogP contribution in [0.2, 0.25) is 0 Å². The van der Waals surface area contributed by atoms with Crippen molar-refractivity contribution < 1.29 is 0 Å². The van der Waals surface area contributed by atoms with Crippen molar-refractivity contribution in [3.05, 3.63) is 35.9 Å². The first-order valence-electron chi connectivity index (χ1n) is 11.2. The molecule has 2 aliphatic rings. The molecule has 2 fully saturated rings. The minimum atomic E-state index is 0. The third-order valence-electron chi connectivity index (χ3n) is 6.17. The summed E-state index contributed by atoms with van der Waals surface area (Å²) in [6.07, 6.45) is 6.25. The molecule has 1 aromatic carbocycles. The van der Waals surface area contributed by atoms with Gasteiger partial charge < -0.3 is 15.5 Å². The lowest BCUT2D eigenvalue weighted by Gasteiger charge is -2.33. The lowest BCUT2D eigenvalue weighted by Crippen LogP contribution is -2.48. The van der Waals surface area contributed by atoms with Crippen LogP contribution < -0.4 is 10.6 Å². The molecule has 0 amide bonds. The molecule has 2 saturated heterocycles. The van der Waals surface area contributed by atoms with Crippen LogP contribution in [0.1, 0.15) is 44.6 Å². The zero-order valence-electron chi connectivity index (χ0n) is 18.3. The van der Waals surface area contributed by atoms with Gasteiger partial charge in [0, 0.05) is 38.8 Å². The number of halogens is 1. The molecule has 0 bridgehead atoms. The first kappa shape index (κ1) is 24.4. The van der Waals surface area contributed by atoms with Crippen LogP contribution in [0.25, 0.3) is 0 Å². The summed E-state index contributed by atoms with van der Waals surface area (Å²) in [5.41, 5.74) is 1.41. The minimum absolute atomic E-state index is 0. The zero-order chi connectivity index (χ0) is 19.6. The van der Waals surface area contributed by atoms with Crippen LogP contribution in [0.3, 0.4) is 0 Å². The van der Waals surface area contributed by atoms with Gasteiger partial charge in [0.2, 0.25) is 0 Å². The van der Waals surface area contributed by atoms with E-state index < -0.39 is 0 Å². The van der Waals surface area contributed by atoms with Crippen molar-refractivity contribution >= 4 is 29.9 Å². The Hall–Kier alpha value is -0.860. The first-order chi connectivity index (χ1) is 13.7. The maximum absolute atomic E-state index is 4.87. The molecule has 0 unspecified atom stereocenters. The van der Waals surface area contributed by atoms with E-state index in [9.17, 15) is 0 Å². The summed E-state index contributed by atoms with van der Waals surface area (Å²) in [4.78, 5) is 9.88. The van der Waals surface area contributed by atoms with Crippen molar-refractivity contribution in [2.75, 3.05) is 46.3 Å². The Kier molecular flexibility index (Phi) is 11.3. The first-order valence-corrected chi connectivity index (χ1v) is 11.2. The van der Waals surface area contributed by atoms with E-state index in [2.05, 4.69) is 64.7 Å². The van der Waals surface area contributed by atoms with E-state index in [0.717, 1.165) is 44.6 Å². The molecule has 0 spiro atoms. The number of benzene rings is 1. The lowest BCUT2D eigenvalue weighted by molar-refractivity contribution is 0.198. The van der Waals surface area contributed by atoms with Crippen LogP contribution in [-0.4, -0.2) is 68.1 Å². The summed E-state index contributed by atoms with van der Waals surface area (Å²) in [6.45, 7) is 9.88. The third-order valence-corrected chi connectivity index (χ3v) is 6.17. The maximum atomic E-state index is 4.87. The fourth-order valence-electron chi connectivity index (χ4n) is 4.30. The Morgan fingerprint density at radius 1 is 1.03 bits per heavy atom. The molecule has 2 N–H and O–H groups in total. The Balaban J connectivity index is 0.00000300. The highest BCUT2D eigenvalue weighted by atomic mass is 127. The van der Waals surface area contributed by atoms with Crippen molar-refractivity contribution in [1.82, 2.24) is 20.4 Å². The van der Waals surface area contributed by atoms with Crippen LogP contribution in [0.15, 0.2) is 35.3 Å². The highest BCUT2D eigenvalue weighted by Gasteiger charge is 2.20. The van der Waals surface area contributed by atoms with E-state index in [0.29, 0.717) is 6.04 Å². The van der Waals surface area contributed by atoms with Crippen molar-refractivity contribution in [3.8, 4) is 0 Å². The minimum Gasteiger partial charge on any atom is -0.357 e. The summed E-state index contributed by atoms with van der Waals surface area (Å²) < 4.78 is 0. The van der Waals surface area contributed by atoms with Crippen LogP contribution in [0.5, 0.6) is 0 Å². The van der Waals surface area contributed by atoms with E-state index >= 15 is 0 Å². The fourth-order valence-corrected chi connectivity index (χ4v) is 4.30. The Morgan fingerprint density at radius 2 is 1.72 bits per heavy atom. The van der Waals surface area contributed by atoms with Gasteiger partial charge in [0.05, 0.1) is 0 Å². The number of guanidine groups is 1. The molecular weight excluding hydrogens is 473 g/mol. The van der Waals surface area contributed by atoms with Crippen molar-refractivity contribution in [2.24, 2.45) is 10.9 Å². The quantitative estimate of drug-likeness (QED) is 0.333. The predicted octanol–water partition coefficient (Wildman–Crippen LogP) is 3.56. The molecule has 0 aromatic heterocycles. The van der Waals surface area contributed by atoms with E-state index in [1.54, 1.807) is 0 Å². The maximum Gasteiger partial charge on any atom is 0.191 e. The molecule has 3 rings (SSSR count). The van der Waals surface area contributed by atoms with Gasteiger partial charge in [-0.2, -0.15) is 0 Å². The van der Waals surface area contributed by atoms with Crippen LogP contribution in [0.4, 0.5) is 0 Å². The Bertz CT molecular complexity index is 578. The van der Waals surface area contributed by atoms with E-state index in [4.69, 9.17) is 4.99 Å². The largest absolute Gasteiger partial charge is 0.357 e. The summed E-state index contributed by atoms with van der Waals surface area (Å²) in [6, 6.07) is 11.3. The number of likely N-dealkylation sites (tertiary alicyclic amines) is 2. The number of hydrogen-bond acceptors (Lipinski definition) is 3. The Labute approximate surface area is 194 Å². The van der Waals surface area contributed by atoms with Gasteiger partial charge in [-0.3, -0.25) is 9.89 Å². The van der Waals surface area contributed by atoms with Crippen LogP contribution in [0, 0.1) is 5.92 Å². The molecule has 5 nitrogen and oxygen atoms in total. The fraction of sp³-hybridized carbons (Fsp3) is 0.696. The average molecular weight is 514 g/mol. The van der Waals surface area contributed by atoms with Gasteiger partial charge in [-0.05, 0) is 70.6 Å². The second-order valence-corrected chi connectivity index (χ2v) is 8.48. The van der Waals surface area contributed by atoms with Crippen molar-refractivity contribution in [2.45, 2.75) is 51.6 Å². The summed E-state index contributed by atoms with van der Waals surface area (Å²) >= 11 is 0. The van der Waals surface area contributed by atoms with Gasteiger partial charge in [0.1, 0.15) is 0 Å². The predicted molar refractivity (Wildman–Crippen MR) is 134 cm³/mol. The highest BCUT2D eigenvalue weighted by molar-refractivity contribution is 14.0. The molecular formula is C23H40IN5. The monoisotopic (exact) mass is 513 g/mol. The molecule has 2 heterocycles. The summed E-state index contributed by atoms with van der Waals surface area (Å²) in [5, 5.41) is 7.13.